The Balaban J connectivity index is 2.24. The lowest BCUT2D eigenvalue weighted by molar-refractivity contribution is -0.140. The van der Waals surface area contributed by atoms with Crippen LogP contribution >= 0.6 is 11.8 Å². The van der Waals surface area contributed by atoms with Crippen LogP contribution in [0.1, 0.15) is 19.8 Å². The van der Waals surface area contributed by atoms with E-state index in [0.29, 0.717) is 0 Å². The van der Waals surface area contributed by atoms with Crippen LogP contribution in [0.4, 0.5) is 4.79 Å². The lowest BCUT2D eigenvalue weighted by Crippen LogP contribution is -2.74. The van der Waals surface area contributed by atoms with Gasteiger partial charge < -0.3 is 10.0 Å². The summed E-state index contributed by atoms with van der Waals surface area (Å²) in [5.74, 6) is -1.81. The molecule has 0 aromatic carbocycles. The van der Waals surface area contributed by atoms with Crippen molar-refractivity contribution in [3.8, 4) is 0 Å². The van der Waals surface area contributed by atoms with Gasteiger partial charge in [0.15, 0.2) is 0 Å². The smallest absolute Gasteiger partial charge is 0.327 e. The van der Waals surface area contributed by atoms with Gasteiger partial charge in [0.05, 0.1) is 29.4 Å². The predicted octanol–water partition coefficient (Wildman–Crippen LogP) is -0.0846. The van der Waals surface area contributed by atoms with Crippen LogP contribution in [0.2, 0.25) is 0 Å². The number of rotatable bonds is 5. The molecule has 0 aromatic rings. The Morgan fingerprint density at radius 3 is 2.59 bits per heavy atom. The van der Waals surface area contributed by atoms with Gasteiger partial charge in [-0.3, -0.25) is 25.1 Å². The lowest BCUT2D eigenvalue weighted by atomic mass is 9.96. The van der Waals surface area contributed by atoms with E-state index in [4.69, 9.17) is 5.11 Å². The average Bonchev–Trinajstić information content (AvgIpc) is 2.48. The Hall–Kier alpha value is -1.32. The van der Waals surface area contributed by atoms with Crippen LogP contribution < -0.4 is 10.6 Å². The highest BCUT2D eigenvalue weighted by Crippen LogP contribution is 2.31. The molecule has 2 fully saturated rings. The normalized spacial score (nSPS) is 32.1. The van der Waals surface area contributed by atoms with E-state index in [2.05, 4.69) is 10.6 Å². The van der Waals surface area contributed by atoms with Crippen LogP contribution in [0.5, 0.6) is 0 Å². The molecule has 2 aliphatic rings. The van der Waals surface area contributed by atoms with Crippen molar-refractivity contribution < 1.29 is 19.5 Å². The lowest BCUT2D eigenvalue weighted by Gasteiger charge is -2.50. The molecule has 2 aliphatic heterocycles. The molecule has 2 rings (SSSR count). The van der Waals surface area contributed by atoms with Gasteiger partial charge in [0.1, 0.15) is 0 Å². The first-order valence-electron chi connectivity index (χ1n) is 7.26. The molecule has 3 amide bonds. The van der Waals surface area contributed by atoms with Crippen molar-refractivity contribution in [2.75, 3.05) is 19.8 Å². The number of carbonyl (C=O) groups is 3. The van der Waals surface area contributed by atoms with Crippen LogP contribution in [-0.2, 0) is 9.59 Å². The highest BCUT2D eigenvalue weighted by atomic mass is 32.2. The van der Waals surface area contributed by atoms with Crippen molar-refractivity contribution >= 4 is 29.7 Å². The number of amides is 3. The zero-order valence-electron chi connectivity index (χ0n) is 12.9. The molecule has 0 aliphatic carbocycles. The standard InChI is InChI=1S/C13H22N4O4S/c1-4-5-7-14-10-9(11(15-7)22-6-8(18)19)12(20)17(3)13(21)16(10)2/h7,9-11,14-15H,4-6H2,1-3H3,(H,18,19). The zero-order valence-corrected chi connectivity index (χ0v) is 13.7. The van der Waals surface area contributed by atoms with Gasteiger partial charge in [0, 0.05) is 14.1 Å². The third kappa shape index (κ3) is 3.21. The molecule has 4 unspecified atom stereocenters. The molecule has 22 heavy (non-hydrogen) atoms. The quantitative estimate of drug-likeness (QED) is 0.648. The number of urea groups is 1. The van der Waals surface area contributed by atoms with Crippen LogP contribution in [0.3, 0.4) is 0 Å². The van der Waals surface area contributed by atoms with Gasteiger partial charge in [-0.2, -0.15) is 0 Å². The number of aliphatic carboxylic acids is 1. The monoisotopic (exact) mass is 330 g/mol. The summed E-state index contributed by atoms with van der Waals surface area (Å²) >= 11 is 1.19. The molecule has 0 saturated carbocycles. The number of fused-ring (bicyclic) bond motifs is 1. The summed E-state index contributed by atoms with van der Waals surface area (Å²) in [6, 6.07) is -0.349. The van der Waals surface area contributed by atoms with E-state index in [0.717, 1.165) is 17.7 Å². The molecule has 8 nitrogen and oxygen atoms in total. The van der Waals surface area contributed by atoms with E-state index < -0.39 is 18.1 Å². The van der Waals surface area contributed by atoms with Crippen LogP contribution in [-0.4, -0.2) is 70.4 Å². The number of thioether (sulfide) groups is 1. The maximum atomic E-state index is 12.5. The zero-order chi connectivity index (χ0) is 16.4. The van der Waals surface area contributed by atoms with E-state index >= 15 is 0 Å². The third-order valence-electron chi connectivity index (χ3n) is 3.99. The number of hydrogen-bond donors (Lipinski definition) is 3. The van der Waals surface area contributed by atoms with E-state index in [1.54, 1.807) is 7.05 Å². The summed E-state index contributed by atoms with van der Waals surface area (Å²) in [7, 11) is 3.11. The fraction of sp³-hybridized carbons (Fsp3) is 0.769. The SMILES string of the molecule is CCCC1NC(SCC(=O)O)C2C(=O)N(C)C(=O)N(C)C2N1. The summed E-state index contributed by atoms with van der Waals surface area (Å²) in [5.41, 5.74) is 0. The van der Waals surface area contributed by atoms with Gasteiger partial charge in [0.25, 0.3) is 0 Å². The van der Waals surface area contributed by atoms with Gasteiger partial charge in [-0.15, -0.1) is 11.8 Å². The molecule has 0 bridgehead atoms. The van der Waals surface area contributed by atoms with Crippen molar-refractivity contribution in [1.82, 2.24) is 20.4 Å². The number of carbonyl (C=O) groups excluding carboxylic acids is 2. The molecule has 2 heterocycles. The maximum Gasteiger partial charge on any atom is 0.327 e. The first kappa shape index (κ1) is 17.0. The fourth-order valence-corrected chi connectivity index (χ4v) is 3.94. The number of hydrogen-bond acceptors (Lipinski definition) is 6. The molecule has 0 aromatic heterocycles. The van der Waals surface area contributed by atoms with Crippen molar-refractivity contribution in [2.24, 2.45) is 5.92 Å². The fourth-order valence-electron chi connectivity index (χ4n) is 2.88. The Morgan fingerprint density at radius 2 is 2.00 bits per heavy atom. The maximum absolute atomic E-state index is 12.5. The second kappa shape index (κ2) is 6.84. The largest absolute Gasteiger partial charge is 0.481 e. The van der Waals surface area contributed by atoms with Gasteiger partial charge in [0.2, 0.25) is 5.91 Å². The van der Waals surface area contributed by atoms with E-state index in [1.165, 1.54) is 23.7 Å². The second-order valence-electron chi connectivity index (χ2n) is 5.56. The molecular formula is C13H22N4O4S. The molecule has 124 valence electrons. The van der Waals surface area contributed by atoms with E-state index in [9.17, 15) is 14.4 Å². The molecule has 2 saturated heterocycles. The number of nitrogens with zero attached hydrogens (tertiary/aromatic N) is 2. The summed E-state index contributed by atoms with van der Waals surface area (Å²) < 4.78 is 0. The predicted molar refractivity (Wildman–Crippen MR) is 82.1 cm³/mol. The van der Waals surface area contributed by atoms with E-state index in [1.807, 2.05) is 6.92 Å². The first-order chi connectivity index (χ1) is 10.4. The highest BCUT2D eigenvalue weighted by molar-refractivity contribution is 8.00. The minimum absolute atomic E-state index is 0.0519. The Labute approximate surface area is 133 Å². The number of nitrogens with one attached hydrogen (secondary N) is 2. The van der Waals surface area contributed by atoms with Crippen LogP contribution in [0.25, 0.3) is 0 Å². The topological polar surface area (TPSA) is 102 Å². The van der Waals surface area contributed by atoms with Crippen molar-refractivity contribution in [3.05, 3.63) is 0 Å². The molecule has 0 spiro atoms. The summed E-state index contributed by atoms with van der Waals surface area (Å²) in [5, 5.41) is 15.1. The first-order valence-corrected chi connectivity index (χ1v) is 8.31. The van der Waals surface area contributed by atoms with Crippen molar-refractivity contribution in [2.45, 2.75) is 37.5 Å². The Kier molecular flexibility index (Phi) is 5.30. The second-order valence-corrected chi connectivity index (χ2v) is 6.69. The van der Waals surface area contributed by atoms with Gasteiger partial charge >= 0.3 is 12.0 Å². The molecule has 3 N–H and O–H groups in total. The Bertz CT molecular complexity index is 475. The highest BCUT2D eigenvalue weighted by Gasteiger charge is 2.50. The minimum Gasteiger partial charge on any atom is -0.481 e. The van der Waals surface area contributed by atoms with E-state index in [-0.39, 0.29) is 29.2 Å². The summed E-state index contributed by atoms with van der Waals surface area (Å²) in [6.45, 7) is 2.05. The summed E-state index contributed by atoms with van der Waals surface area (Å²) in [6.07, 6.45) is 1.30. The van der Waals surface area contributed by atoms with Crippen molar-refractivity contribution in [1.29, 1.82) is 0 Å². The number of carboxylic acid groups (broad SMARTS) is 1. The molecule has 0 radical (unpaired) electrons. The van der Waals surface area contributed by atoms with Gasteiger partial charge in [-0.25, -0.2) is 4.79 Å². The van der Waals surface area contributed by atoms with Gasteiger partial charge in [-0.05, 0) is 6.42 Å². The number of imide groups is 1. The van der Waals surface area contributed by atoms with Crippen LogP contribution in [0, 0.1) is 5.92 Å². The third-order valence-corrected chi connectivity index (χ3v) is 5.19. The van der Waals surface area contributed by atoms with Crippen molar-refractivity contribution in [3.63, 3.8) is 0 Å². The molecular weight excluding hydrogens is 308 g/mol. The summed E-state index contributed by atoms with van der Waals surface area (Å²) in [4.78, 5) is 38.0. The molecule has 4 atom stereocenters. The molecule has 9 heteroatoms. The number of carboxylic acids is 1. The minimum atomic E-state index is -0.921. The Morgan fingerprint density at radius 1 is 1.32 bits per heavy atom. The van der Waals surface area contributed by atoms with Gasteiger partial charge in [-0.1, -0.05) is 13.3 Å². The average molecular weight is 330 g/mol. The van der Waals surface area contributed by atoms with Crippen LogP contribution in [0.15, 0.2) is 0 Å².